The minimum atomic E-state index is 0.160. The van der Waals surface area contributed by atoms with Gasteiger partial charge in [0.15, 0.2) is 0 Å². The zero-order valence-electron chi connectivity index (χ0n) is 15.4. The van der Waals surface area contributed by atoms with Gasteiger partial charge in [0, 0.05) is 43.5 Å². The number of aromatic nitrogens is 2. The lowest BCUT2D eigenvalue weighted by atomic mass is 9.85. The van der Waals surface area contributed by atoms with Gasteiger partial charge in [0.2, 0.25) is 5.91 Å². The molecule has 1 aliphatic rings. The number of benzene rings is 1. The van der Waals surface area contributed by atoms with Crippen LogP contribution in [0.2, 0.25) is 0 Å². The molecule has 3 rings (SSSR count). The molecule has 25 heavy (non-hydrogen) atoms. The van der Waals surface area contributed by atoms with Gasteiger partial charge in [-0.2, -0.15) is 5.10 Å². The van der Waals surface area contributed by atoms with E-state index >= 15 is 0 Å². The summed E-state index contributed by atoms with van der Waals surface area (Å²) in [6.45, 7) is 5.89. The number of nitrogens with one attached hydrogen (secondary N) is 2. The zero-order chi connectivity index (χ0) is 17.8. The molecule has 0 aliphatic heterocycles. The van der Waals surface area contributed by atoms with E-state index in [0.717, 1.165) is 37.3 Å². The van der Waals surface area contributed by atoms with Crippen molar-refractivity contribution in [2.45, 2.75) is 52.1 Å². The van der Waals surface area contributed by atoms with Crippen LogP contribution >= 0.6 is 0 Å². The Morgan fingerprint density at radius 3 is 2.80 bits per heavy atom. The molecule has 1 aromatic heterocycles. The third-order valence-electron chi connectivity index (χ3n) is 4.80. The molecule has 1 aliphatic carbocycles. The van der Waals surface area contributed by atoms with Crippen LogP contribution in [0.1, 0.15) is 55.8 Å². The maximum absolute atomic E-state index is 12.1. The average molecular weight is 340 g/mol. The Labute approximate surface area is 149 Å². The fourth-order valence-corrected chi connectivity index (χ4v) is 3.19. The van der Waals surface area contributed by atoms with Gasteiger partial charge in [-0.05, 0) is 36.5 Å². The van der Waals surface area contributed by atoms with E-state index in [1.165, 1.54) is 17.5 Å². The molecule has 0 unspecified atom stereocenters. The molecule has 5 nitrogen and oxygen atoms in total. The summed E-state index contributed by atoms with van der Waals surface area (Å²) in [5.41, 5.74) is 4.45. The lowest BCUT2D eigenvalue weighted by molar-refractivity contribution is -0.122. The molecule has 1 fully saturated rings. The first kappa shape index (κ1) is 17.7. The molecule has 0 saturated heterocycles. The van der Waals surface area contributed by atoms with Crippen LogP contribution in [0.4, 0.5) is 5.69 Å². The number of hydrogen-bond acceptors (Lipinski definition) is 3. The number of anilines is 1. The van der Waals surface area contributed by atoms with Crippen molar-refractivity contribution in [1.82, 2.24) is 15.1 Å². The third-order valence-corrected chi connectivity index (χ3v) is 4.80. The van der Waals surface area contributed by atoms with E-state index in [4.69, 9.17) is 0 Å². The van der Waals surface area contributed by atoms with Crippen LogP contribution in [-0.2, 0) is 24.9 Å². The Morgan fingerprint density at radius 1 is 1.32 bits per heavy atom. The number of carbonyl (C=O) groups is 1. The minimum Gasteiger partial charge on any atom is -0.326 e. The number of carbonyl (C=O) groups excluding carboxylic acids is 1. The van der Waals surface area contributed by atoms with Crippen LogP contribution in [0.25, 0.3) is 0 Å². The number of nitrogens with zero attached hydrogens (tertiary/aromatic N) is 2. The van der Waals surface area contributed by atoms with Crippen molar-refractivity contribution in [2.75, 3.05) is 5.32 Å². The van der Waals surface area contributed by atoms with Crippen LogP contribution in [0.3, 0.4) is 0 Å². The van der Waals surface area contributed by atoms with Crippen LogP contribution in [-0.4, -0.2) is 15.7 Å². The van der Waals surface area contributed by atoms with Crippen LogP contribution in [0, 0.1) is 5.92 Å². The smallest absolute Gasteiger partial charge is 0.227 e. The highest BCUT2D eigenvalue weighted by molar-refractivity contribution is 5.93. The fourth-order valence-electron chi connectivity index (χ4n) is 3.19. The predicted octanol–water partition coefficient (Wildman–Crippen LogP) is 3.57. The summed E-state index contributed by atoms with van der Waals surface area (Å²) in [5.74, 6) is 0.790. The first-order chi connectivity index (χ1) is 12.0. The molecule has 0 bridgehead atoms. The van der Waals surface area contributed by atoms with E-state index in [9.17, 15) is 4.79 Å². The molecule has 1 heterocycles. The largest absolute Gasteiger partial charge is 0.326 e. The van der Waals surface area contributed by atoms with E-state index < -0.39 is 0 Å². The molecular formula is C20H28N4O. The Hall–Kier alpha value is -2.14. The van der Waals surface area contributed by atoms with Gasteiger partial charge in [0.1, 0.15) is 0 Å². The topological polar surface area (TPSA) is 59.0 Å². The van der Waals surface area contributed by atoms with Crippen LogP contribution < -0.4 is 10.6 Å². The predicted molar refractivity (Wildman–Crippen MR) is 100 cm³/mol. The second-order valence-electron chi connectivity index (χ2n) is 7.29. The highest BCUT2D eigenvalue weighted by Crippen LogP contribution is 2.27. The van der Waals surface area contributed by atoms with Gasteiger partial charge < -0.3 is 10.6 Å². The standard InChI is InChI=1S/C20H28N4O/c1-14(2)19-17(13-24(3)23-19)12-21-11-15-6-4-9-18(10-15)22-20(25)16-7-5-8-16/h4,6,9-10,13-14,16,21H,5,7-8,11-12H2,1-3H3,(H,22,25). The monoisotopic (exact) mass is 340 g/mol. The van der Waals surface area contributed by atoms with Crippen molar-refractivity contribution in [2.24, 2.45) is 13.0 Å². The van der Waals surface area contributed by atoms with E-state index in [2.05, 4.69) is 47.9 Å². The Balaban J connectivity index is 1.55. The van der Waals surface area contributed by atoms with Gasteiger partial charge >= 0.3 is 0 Å². The average Bonchev–Trinajstić information content (AvgIpc) is 2.87. The summed E-state index contributed by atoms with van der Waals surface area (Å²) < 4.78 is 1.88. The fraction of sp³-hybridized carbons (Fsp3) is 0.500. The third kappa shape index (κ3) is 4.48. The molecule has 5 heteroatoms. The first-order valence-corrected chi connectivity index (χ1v) is 9.16. The quantitative estimate of drug-likeness (QED) is 0.810. The summed E-state index contributed by atoms with van der Waals surface area (Å²) in [5, 5.41) is 11.1. The van der Waals surface area contributed by atoms with Crippen molar-refractivity contribution in [3.63, 3.8) is 0 Å². The van der Waals surface area contributed by atoms with Crippen molar-refractivity contribution >= 4 is 11.6 Å². The zero-order valence-corrected chi connectivity index (χ0v) is 15.4. The van der Waals surface area contributed by atoms with Crippen LogP contribution in [0.15, 0.2) is 30.5 Å². The first-order valence-electron chi connectivity index (χ1n) is 9.16. The van der Waals surface area contributed by atoms with Crippen molar-refractivity contribution in [3.8, 4) is 0 Å². The number of aryl methyl sites for hydroxylation is 1. The second kappa shape index (κ2) is 7.83. The summed E-state index contributed by atoms with van der Waals surface area (Å²) in [7, 11) is 1.96. The van der Waals surface area contributed by atoms with Crippen molar-refractivity contribution < 1.29 is 4.79 Å². The molecule has 1 amide bonds. The SMILES string of the molecule is CC(C)c1nn(C)cc1CNCc1cccc(NC(=O)C2CCC2)c1. The van der Waals surface area contributed by atoms with Gasteiger partial charge in [-0.15, -0.1) is 0 Å². The van der Waals surface area contributed by atoms with E-state index in [-0.39, 0.29) is 11.8 Å². The Bertz CT molecular complexity index is 731. The minimum absolute atomic E-state index is 0.160. The van der Waals surface area contributed by atoms with Gasteiger partial charge in [0.05, 0.1) is 5.69 Å². The summed E-state index contributed by atoms with van der Waals surface area (Å²) in [4.78, 5) is 12.1. The second-order valence-corrected chi connectivity index (χ2v) is 7.29. The normalized spacial score (nSPS) is 14.6. The molecule has 1 saturated carbocycles. The highest BCUT2D eigenvalue weighted by Gasteiger charge is 2.25. The molecule has 2 N–H and O–H groups in total. The van der Waals surface area contributed by atoms with E-state index in [0.29, 0.717) is 5.92 Å². The van der Waals surface area contributed by atoms with Crippen molar-refractivity contribution in [3.05, 3.63) is 47.3 Å². The molecular weight excluding hydrogens is 312 g/mol. The molecule has 0 atom stereocenters. The van der Waals surface area contributed by atoms with Gasteiger partial charge in [-0.25, -0.2) is 0 Å². The van der Waals surface area contributed by atoms with Gasteiger partial charge in [-0.1, -0.05) is 32.4 Å². The molecule has 0 radical (unpaired) electrons. The number of hydrogen-bond donors (Lipinski definition) is 2. The lowest BCUT2D eigenvalue weighted by Crippen LogP contribution is -2.28. The Kier molecular flexibility index (Phi) is 5.53. The number of rotatable bonds is 7. The Morgan fingerprint density at radius 2 is 2.12 bits per heavy atom. The molecule has 2 aromatic rings. The van der Waals surface area contributed by atoms with E-state index in [1.807, 2.05) is 23.9 Å². The maximum Gasteiger partial charge on any atom is 0.227 e. The van der Waals surface area contributed by atoms with E-state index in [1.54, 1.807) is 0 Å². The summed E-state index contributed by atoms with van der Waals surface area (Å²) >= 11 is 0. The van der Waals surface area contributed by atoms with Crippen LogP contribution in [0.5, 0.6) is 0 Å². The van der Waals surface area contributed by atoms with Gasteiger partial charge in [-0.3, -0.25) is 9.48 Å². The van der Waals surface area contributed by atoms with Crippen molar-refractivity contribution in [1.29, 1.82) is 0 Å². The summed E-state index contributed by atoms with van der Waals surface area (Å²) in [6.07, 6.45) is 5.30. The molecule has 1 aromatic carbocycles. The highest BCUT2D eigenvalue weighted by atomic mass is 16.1. The lowest BCUT2D eigenvalue weighted by Gasteiger charge is -2.24. The molecule has 0 spiro atoms. The number of amides is 1. The molecule has 134 valence electrons. The van der Waals surface area contributed by atoms with Gasteiger partial charge in [0.25, 0.3) is 0 Å². The maximum atomic E-state index is 12.1. The summed E-state index contributed by atoms with van der Waals surface area (Å²) in [6, 6.07) is 8.09.